The third-order valence-electron chi connectivity index (χ3n) is 3.44. The Morgan fingerprint density at radius 3 is 2.12 bits per heavy atom. The minimum absolute atomic E-state index is 0.328. The van der Waals surface area contributed by atoms with Crippen LogP contribution in [0, 0.1) is 6.92 Å². The van der Waals surface area contributed by atoms with E-state index in [1.54, 1.807) is 49.4 Å². The maximum Gasteiger partial charge on any atom is 0.343 e. The van der Waals surface area contributed by atoms with Crippen molar-refractivity contribution < 1.29 is 23.5 Å². The van der Waals surface area contributed by atoms with E-state index in [0.29, 0.717) is 34.5 Å². The second-order valence-corrected chi connectivity index (χ2v) is 5.15. The molecule has 0 aliphatic rings. The molecule has 0 spiro atoms. The predicted molar refractivity (Wildman–Crippen MR) is 89.0 cm³/mol. The van der Waals surface area contributed by atoms with Gasteiger partial charge in [0.05, 0.1) is 19.8 Å². The van der Waals surface area contributed by atoms with Gasteiger partial charge in [0.1, 0.15) is 17.2 Å². The van der Waals surface area contributed by atoms with E-state index in [-0.39, 0.29) is 0 Å². The number of aryl methyl sites for hydroxylation is 1. The first-order chi connectivity index (χ1) is 12.1. The molecule has 0 saturated carbocycles. The number of nitrogens with zero attached hydrogens (tertiary/aromatic N) is 2. The van der Waals surface area contributed by atoms with Crippen molar-refractivity contribution >= 4 is 5.97 Å². The molecule has 0 unspecified atom stereocenters. The van der Waals surface area contributed by atoms with Gasteiger partial charge in [-0.05, 0) is 36.4 Å². The number of esters is 1. The van der Waals surface area contributed by atoms with Crippen molar-refractivity contribution in [1.29, 1.82) is 0 Å². The molecular formula is C18H16N2O5. The normalized spacial score (nSPS) is 10.4. The van der Waals surface area contributed by atoms with Crippen LogP contribution in [0.3, 0.4) is 0 Å². The molecule has 25 heavy (non-hydrogen) atoms. The SMILES string of the molecule is COc1cc(OC)cc(C(=O)Oc2ccc(-c3noc(C)n3)cc2)c1. The summed E-state index contributed by atoms with van der Waals surface area (Å²) < 4.78 is 20.6. The third kappa shape index (κ3) is 3.77. The van der Waals surface area contributed by atoms with Crippen molar-refractivity contribution in [3.8, 4) is 28.6 Å². The van der Waals surface area contributed by atoms with Crippen molar-refractivity contribution in [3.63, 3.8) is 0 Å². The number of ether oxygens (including phenoxy) is 3. The van der Waals surface area contributed by atoms with Gasteiger partial charge in [-0.3, -0.25) is 0 Å². The Morgan fingerprint density at radius 1 is 0.960 bits per heavy atom. The summed E-state index contributed by atoms with van der Waals surface area (Å²) in [5.74, 6) is 1.87. The first-order valence-electron chi connectivity index (χ1n) is 7.45. The summed E-state index contributed by atoms with van der Waals surface area (Å²) in [5, 5.41) is 3.84. The van der Waals surface area contributed by atoms with E-state index >= 15 is 0 Å². The van der Waals surface area contributed by atoms with Crippen LogP contribution >= 0.6 is 0 Å². The molecule has 0 bridgehead atoms. The highest BCUT2D eigenvalue weighted by Crippen LogP contribution is 2.25. The molecule has 128 valence electrons. The average Bonchev–Trinajstić information content (AvgIpc) is 3.08. The zero-order valence-electron chi connectivity index (χ0n) is 14.0. The summed E-state index contributed by atoms with van der Waals surface area (Å²) >= 11 is 0. The second-order valence-electron chi connectivity index (χ2n) is 5.15. The van der Waals surface area contributed by atoms with E-state index in [9.17, 15) is 4.79 Å². The Hall–Kier alpha value is -3.35. The lowest BCUT2D eigenvalue weighted by Gasteiger charge is -2.08. The topological polar surface area (TPSA) is 83.7 Å². The minimum Gasteiger partial charge on any atom is -0.497 e. The molecule has 0 saturated heterocycles. The first-order valence-corrected chi connectivity index (χ1v) is 7.45. The van der Waals surface area contributed by atoms with E-state index in [0.717, 1.165) is 5.56 Å². The smallest absolute Gasteiger partial charge is 0.343 e. The lowest BCUT2D eigenvalue weighted by atomic mass is 10.2. The van der Waals surface area contributed by atoms with E-state index in [2.05, 4.69) is 10.1 Å². The highest BCUT2D eigenvalue weighted by molar-refractivity contribution is 5.92. The maximum atomic E-state index is 12.3. The van der Waals surface area contributed by atoms with Crippen molar-refractivity contribution in [2.45, 2.75) is 6.92 Å². The molecule has 1 aromatic heterocycles. The van der Waals surface area contributed by atoms with Gasteiger partial charge in [-0.15, -0.1) is 0 Å². The standard InChI is InChI=1S/C18H16N2O5/c1-11-19-17(20-25-11)12-4-6-14(7-5-12)24-18(21)13-8-15(22-2)10-16(9-13)23-3/h4-10H,1-3H3. The number of carbonyl (C=O) groups is 1. The highest BCUT2D eigenvalue weighted by atomic mass is 16.5. The first kappa shape index (κ1) is 16.5. The Labute approximate surface area is 144 Å². The molecular weight excluding hydrogens is 324 g/mol. The van der Waals surface area contributed by atoms with E-state index in [4.69, 9.17) is 18.7 Å². The number of aromatic nitrogens is 2. The van der Waals surface area contributed by atoms with Crippen molar-refractivity contribution in [3.05, 3.63) is 53.9 Å². The number of carbonyl (C=O) groups excluding carboxylic acids is 1. The molecule has 3 aromatic rings. The van der Waals surface area contributed by atoms with Gasteiger partial charge in [0, 0.05) is 18.6 Å². The van der Waals surface area contributed by atoms with Crippen LogP contribution in [0.15, 0.2) is 47.0 Å². The predicted octanol–water partition coefficient (Wildman–Crippen LogP) is 3.28. The van der Waals surface area contributed by atoms with E-state index in [1.807, 2.05) is 0 Å². The second kappa shape index (κ2) is 7.04. The molecule has 3 rings (SSSR count). The van der Waals surface area contributed by atoms with E-state index < -0.39 is 5.97 Å². The molecule has 7 nitrogen and oxygen atoms in total. The number of hydrogen-bond acceptors (Lipinski definition) is 7. The van der Waals surface area contributed by atoms with Gasteiger partial charge in [0.15, 0.2) is 0 Å². The lowest BCUT2D eigenvalue weighted by molar-refractivity contribution is 0.0734. The zero-order chi connectivity index (χ0) is 17.8. The molecule has 0 amide bonds. The largest absolute Gasteiger partial charge is 0.497 e. The molecule has 1 heterocycles. The monoisotopic (exact) mass is 340 g/mol. The lowest BCUT2D eigenvalue weighted by Crippen LogP contribution is -2.09. The quantitative estimate of drug-likeness (QED) is 0.520. The summed E-state index contributed by atoms with van der Waals surface area (Å²) in [6.07, 6.45) is 0. The van der Waals surface area contributed by atoms with Crippen LogP contribution in [0.4, 0.5) is 0 Å². The molecule has 0 atom stereocenters. The Balaban J connectivity index is 1.77. The van der Waals surface area contributed by atoms with Crippen molar-refractivity contribution in [2.75, 3.05) is 14.2 Å². The Kier molecular flexibility index (Phi) is 4.65. The van der Waals surface area contributed by atoms with Crippen LogP contribution < -0.4 is 14.2 Å². The number of hydrogen-bond donors (Lipinski definition) is 0. The van der Waals surface area contributed by atoms with Crippen molar-refractivity contribution in [2.24, 2.45) is 0 Å². The van der Waals surface area contributed by atoms with Gasteiger partial charge in [-0.25, -0.2) is 4.79 Å². The fourth-order valence-electron chi connectivity index (χ4n) is 2.18. The van der Waals surface area contributed by atoms with Crippen molar-refractivity contribution in [1.82, 2.24) is 10.1 Å². The van der Waals surface area contributed by atoms with Gasteiger partial charge in [0.2, 0.25) is 11.7 Å². The van der Waals surface area contributed by atoms with Crippen LogP contribution in [-0.2, 0) is 0 Å². The van der Waals surface area contributed by atoms with Gasteiger partial charge < -0.3 is 18.7 Å². The summed E-state index contributed by atoms with van der Waals surface area (Å²) in [7, 11) is 3.03. The molecule has 0 fully saturated rings. The molecule has 7 heteroatoms. The Morgan fingerprint density at radius 2 is 1.60 bits per heavy atom. The van der Waals surface area contributed by atoms with Gasteiger partial charge >= 0.3 is 5.97 Å². The maximum absolute atomic E-state index is 12.3. The van der Waals surface area contributed by atoms with Crippen LogP contribution in [0.2, 0.25) is 0 Å². The fraction of sp³-hybridized carbons (Fsp3) is 0.167. The molecule has 0 radical (unpaired) electrons. The van der Waals surface area contributed by atoms with E-state index in [1.165, 1.54) is 14.2 Å². The fourth-order valence-corrected chi connectivity index (χ4v) is 2.18. The zero-order valence-corrected chi connectivity index (χ0v) is 14.0. The summed E-state index contributed by atoms with van der Waals surface area (Å²) in [6, 6.07) is 11.7. The van der Waals surface area contributed by atoms with Crippen LogP contribution in [0.25, 0.3) is 11.4 Å². The van der Waals surface area contributed by atoms with Crippen LogP contribution in [0.5, 0.6) is 17.2 Å². The minimum atomic E-state index is -0.514. The molecule has 0 aliphatic heterocycles. The molecule has 2 aromatic carbocycles. The average molecular weight is 340 g/mol. The van der Waals surface area contributed by atoms with Gasteiger partial charge in [-0.2, -0.15) is 4.98 Å². The van der Waals surface area contributed by atoms with Gasteiger partial charge in [-0.1, -0.05) is 5.16 Å². The number of rotatable bonds is 5. The van der Waals surface area contributed by atoms with Gasteiger partial charge in [0.25, 0.3) is 0 Å². The molecule has 0 N–H and O–H groups in total. The molecule has 0 aliphatic carbocycles. The number of benzene rings is 2. The summed E-state index contributed by atoms with van der Waals surface area (Å²) in [6.45, 7) is 1.72. The number of methoxy groups -OCH3 is 2. The Bertz CT molecular complexity index is 864. The van der Waals surface area contributed by atoms with Crippen LogP contribution in [-0.4, -0.2) is 30.3 Å². The summed E-state index contributed by atoms with van der Waals surface area (Å²) in [4.78, 5) is 16.5. The highest BCUT2D eigenvalue weighted by Gasteiger charge is 2.13. The van der Waals surface area contributed by atoms with Crippen LogP contribution in [0.1, 0.15) is 16.2 Å². The third-order valence-corrected chi connectivity index (χ3v) is 3.44. The summed E-state index contributed by atoms with van der Waals surface area (Å²) in [5.41, 5.74) is 1.09.